The van der Waals surface area contributed by atoms with Gasteiger partial charge in [-0.05, 0) is 6.07 Å². The van der Waals surface area contributed by atoms with Gasteiger partial charge in [-0.25, -0.2) is 0 Å². The van der Waals surface area contributed by atoms with Gasteiger partial charge in [-0.2, -0.15) is 0 Å². The second-order valence-corrected chi connectivity index (χ2v) is 2.84. The number of nitro benzene ring substituents is 1. The summed E-state index contributed by atoms with van der Waals surface area (Å²) in [6.07, 6.45) is 0. The summed E-state index contributed by atoms with van der Waals surface area (Å²) in [5, 5.41) is 16.7. The van der Waals surface area contributed by atoms with E-state index in [1.54, 1.807) is 6.07 Å². The van der Waals surface area contributed by atoms with Crippen LogP contribution in [0, 0.1) is 10.1 Å². The van der Waals surface area contributed by atoms with Gasteiger partial charge in [0.15, 0.2) is 0 Å². The number of anilines is 1. The molecule has 0 radical (unpaired) electrons. The average Bonchev–Trinajstić information content (AvgIpc) is 2.17. The Morgan fingerprint density at radius 3 is 3.08 bits per heavy atom. The average molecular weight is 179 g/mol. The summed E-state index contributed by atoms with van der Waals surface area (Å²) < 4.78 is 0. The van der Waals surface area contributed by atoms with Crippen LogP contribution in [0.25, 0.3) is 0 Å². The van der Waals surface area contributed by atoms with Crippen LogP contribution < -0.4 is 10.6 Å². The quantitative estimate of drug-likeness (QED) is 0.499. The van der Waals surface area contributed by atoms with Gasteiger partial charge >= 0.3 is 0 Å². The first-order chi connectivity index (χ1) is 6.29. The van der Waals surface area contributed by atoms with E-state index in [1.165, 1.54) is 6.07 Å². The summed E-state index contributed by atoms with van der Waals surface area (Å²) in [6, 6.07) is 5.06. The van der Waals surface area contributed by atoms with Crippen molar-refractivity contribution in [3.63, 3.8) is 0 Å². The maximum atomic E-state index is 10.6. The van der Waals surface area contributed by atoms with Gasteiger partial charge in [0.25, 0.3) is 5.69 Å². The van der Waals surface area contributed by atoms with Crippen LogP contribution in [0.15, 0.2) is 18.2 Å². The molecule has 2 N–H and O–H groups in total. The predicted octanol–water partition coefficient (Wildman–Crippen LogP) is 1.07. The van der Waals surface area contributed by atoms with Gasteiger partial charge in [-0.1, -0.05) is 6.07 Å². The van der Waals surface area contributed by atoms with Gasteiger partial charge in [-0.15, -0.1) is 0 Å². The number of benzene rings is 1. The fraction of sp³-hybridized carbons (Fsp3) is 0.250. The molecule has 1 aromatic carbocycles. The highest BCUT2D eigenvalue weighted by molar-refractivity contribution is 5.61. The minimum atomic E-state index is -0.354. The van der Waals surface area contributed by atoms with Crippen LogP contribution in [0.4, 0.5) is 11.4 Å². The zero-order valence-electron chi connectivity index (χ0n) is 6.91. The van der Waals surface area contributed by atoms with Crippen molar-refractivity contribution in [1.82, 2.24) is 5.32 Å². The van der Waals surface area contributed by atoms with E-state index in [2.05, 4.69) is 10.6 Å². The van der Waals surface area contributed by atoms with E-state index in [9.17, 15) is 10.1 Å². The number of rotatable bonds is 1. The number of nitrogens with one attached hydrogen (secondary N) is 2. The molecule has 2 rings (SSSR count). The van der Waals surface area contributed by atoms with Gasteiger partial charge in [0, 0.05) is 18.3 Å². The van der Waals surface area contributed by atoms with Crippen molar-refractivity contribution < 1.29 is 4.92 Å². The zero-order valence-corrected chi connectivity index (χ0v) is 6.91. The van der Waals surface area contributed by atoms with E-state index in [4.69, 9.17) is 0 Å². The molecule has 68 valence electrons. The highest BCUT2D eigenvalue weighted by Gasteiger charge is 2.18. The van der Waals surface area contributed by atoms with Crippen LogP contribution in [0.1, 0.15) is 5.56 Å². The van der Waals surface area contributed by atoms with E-state index < -0.39 is 0 Å². The first kappa shape index (κ1) is 8.00. The van der Waals surface area contributed by atoms with Gasteiger partial charge in [0.2, 0.25) is 0 Å². The summed E-state index contributed by atoms with van der Waals surface area (Å²) in [5.41, 5.74) is 1.77. The SMILES string of the molecule is O=[N+]([O-])c1cccc2c1CNCN2. The van der Waals surface area contributed by atoms with Crippen LogP contribution in [0.5, 0.6) is 0 Å². The molecule has 0 saturated carbocycles. The lowest BCUT2D eigenvalue weighted by Gasteiger charge is -2.18. The van der Waals surface area contributed by atoms with Crippen molar-refractivity contribution in [3.8, 4) is 0 Å². The number of nitro groups is 1. The summed E-state index contributed by atoms with van der Waals surface area (Å²) >= 11 is 0. The van der Waals surface area contributed by atoms with Crippen molar-refractivity contribution >= 4 is 11.4 Å². The first-order valence-electron chi connectivity index (χ1n) is 4.00. The minimum absolute atomic E-state index is 0.178. The molecule has 5 heteroatoms. The molecule has 1 aromatic rings. The molecule has 0 atom stereocenters. The van der Waals surface area contributed by atoms with Crippen molar-refractivity contribution in [1.29, 1.82) is 0 Å². The smallest absolute Gasteiger partial charge is 0.275 e. The molecular weight excluding hydrogens is 170 g/mol. The molecule has 1 heterocycles. The van der Waals surface area contributed by atoms with Gasteiger partial charge in [0.1, 0.15) is 0 Å². The van der Waals surface area contributed by atoms with E-state index in [-0.39, 0.29) is 10.6 Å². The summed E-state index contributed by atoms with van der Waals surface area (Å²) in [6.45, 7) is 1.22. The number of nitrogens with zero attached hydrogens (tertiary/aromatic N) is 1. The lowest BCUT2D eigenvalue weighted by Crippen LogP contribution is -2.28. The monoisotopic (exact) mass is 179 g/mol. The van der Waals surface area contributed by atoms with E-state index in [0.717, 1.165) is 11.3 Å². The Morgan fingerprint density at radius 2 is 2.31 bits per heavy atom. The Hall–Kier alpha value is -1.62. The fourth-order valence-corrected chi connectivity index (χ4v) is 1.44. The third-order valence-corrected chi connectivity index (χ3v) is 2.05. The van der Waals surface area contributed by atoms with Crippen molar-refractivity contribution in [2.45, 2.75) is 6.54 Å². The second kappa shape index (κ2) is 3.02. The van der Waals surface area contributed by atoms with Crippen molar-refractivity contribution in [3.05, 3.63) is 33.9 Å². The molecule has 1 aliphatic rings. The summed E-state index contributed by atoms with van der Waals surface area (Å²) in [5.74, 6) is 0. The Labute approximate surface area is 74.9 Å². The van der Waals surface area contributed by atoms with E-state index in [0.29, 0.717) is 13.2 Å². The molecule has 0 saturated heterocycles. The number of fused-ring (bicyclic) bond motifs is 1. The van der Waals surface area contributed by atoms with Crippen molar-refractivity contribution in [2.24, 2.45) is 0 Å². The molecule has 5 nitrogen and oxygen atoms in total. The van der Waals surface area contributed by atoms with Gasteiger partial charge in [-0.3, -0.25) is 15.4 Å². The molecule has 0 aromatic heterocycles. The Morgan fingerprint density at radius 1 is 1.46 bits per heavy atom. The van der Waals surface area contributed by atoms with E-state index >= 15 is 0 Å². The van der Waals surface area contributed by atoms with Gasteiger partial charge in [0.05, 0.1) is 17.2 Å². The third kappa shape index (κ3) is 1.33. The first-order valence-corrected chi connectivity index (χ1v) is 4.00. The fourth-order valence-electron chi connectivity index (χ4n) is 1.44. The van der Waals surface area contributed by atoms with Crippen LogP contribution in [0.3, 0.4) is 0 Å². The second-order valence-electron chi connectivity index (χ2n) is 2.84. The van der Waals surface area contributed by atoms with Crippen LogP contribution >= 0.6 is 0 Å². The van der Waals surface area contributed by atoms with Crippen LogP contribution in [-0.2, 0) is 6.54 Å². The standard InChI is InChI=1S/C8H9N3O2/c12-11(13)8-3-1-2-7-6(8)4-9-5-10-7/h1-3,9-10H,4-5H2. The minimum Gasteiger partial charge on any atom is -0.372 e. The maximum absolute atomic E-state index is 10.6. The molecule has 0 aliphatic carbocycles. The summed E-state index contributed by atoms with van der Waals surface area (Å²) in [4.78, 5) is 10.3. The van der Waals surface area contributed by atoms with Crippen LogP contribution in [-0.4, -0.2) is 11.6 Å². The molecular formula is C8H9N3O2. The molecule has 1 aliphatic heterocycles. The predicted molar refractivity (Wildman–Crippen MR) is 48.4 cm³/mol. The lowest BCUT2D eigenvalue weighted by molar-refractivity contribution is -0.385. The largest absolute Gasteiger partial charge is 0.372 e. The van der Waals surface area contributed by atoms with E-state index in [1.807, 2.05) is 6.07 Å². The zero-order chi connectivity index (χ0) is 9.26. The Kier molecular flexibility index (Phi) is 1.86. The topological polar surface area (TPSA) is 67.2 Å². The third-order valence-electron chi connectivity index (χ3n) is 2.05. The molecule has 0 amide bonds. The molecule has 0 unspecified atom stereocenters. The normalized spacial score (nSPS) is 14.5. The number of hydrogen-bond acceptors (Lipinski definition) is 4. The Bertz CT molecular complexity index is 351. The van der Waals surface area contributed by atoms with Crippen molar-refractivity contribution in [2.75, 3.05) is 12.0 Å². The van der Waals surface area contributed by atoms with Crippen LogP contribution in [0.2, 0.25) is 0 Å². The molecule has 0 spiro atoms. The highest BCUT2D eigenvalue weighted by atomic mass is 16.6. The molecule has 0 fully saturated rings. The molecule has 13 heavy (non-hydrogen) atoms. The maximum Gasteiger partial charge on any atom is 0.275 e. The van der Waals surface area contributed by atoms with Gasteiger partial charge < -0.3 is 5.32 Å². The highest BCUT2D eigenvalue weighted by Crippen LogP contribution is 2.27. The lowest BCUT2D eigenvalue weighted by atomic mass is 10.1. The summed E-state index contributed by atoms with van der Waals surface area (Å²) in [7, 11) is 0. The molecule has 0 bridgehead atoms. The number of hydrogen-bond donors (Lipinski definition) is 2. The Balaban J connectivity index is 2.52.